The molecule has 0 saturated carbocycles. The Balaban J connectivity index is 2.19. The lowest BCUT2D eigenvalue weighted by Crippen LogP contribution is -2.43. The van der Waals surface area contributed by atoms with Crippen LogP contribution in [0.3, 0.4) is 0 Å². The van der Waals surface area contributed by atoms with Gasteiger partial charge in [0.15, 0.2) is 5.96 Å². The Hall–Kier alpha value is -2.11. The van der Waals surface area contributed by atoms with Gasteiger partial charge >= 0.3 is 6.03 Å². The number of aryl methyl sites for hydroxylation is 1. The molecule has 0 aliphatic heterocycles. The number of hydrogen-bond donors (Lipinski definition) is 3. The van der Waals surface area contributed by atoms with Crippen LogP contribution in [0, 0.1) is 0 Å². The summed E-state index contributed by atoms with van der Waals surface area (Å²) in [7, 11) is 0. The first kappa shape index (κ1) is 14.9. The second-order valence-corrected chi connectivity index (χ2v) is 4.07. The van der Waals surface area contributed by atoms with Gasteiger partial charge in [-0.25, -0.2) is 4.79 Å². The first-order valence-electron chi connectivity index (χ1n) is 6.47. The minimum Gasteiger partial charge on any atom is -0.370 e. The lowest BCUT2D eigenvalue weighted by Gasteiger charge is -2.05. The number of rotatable bonds is 6. The standard InChI is InChI=1S/C13H21N5O/c1-2-8-17-13(19)18-12(14)16-10-5-7-11-6-3-4-9-15-11/h3-4,6,9H,2,5,7-8,10H2,1H3,(H4,14,16,17,18,19). The molecule has 0 radical (unpaired) electrons. The van der Waals surface area contributed by atoms with E-state index in [2.05, 4.69) is 20.6 Å². The van der Waals surface area contributed by atoms with Gasteiger partial charge < -0.3 is 11.1 Å². The number of nitrogens with two attached hydrogens (primary N) is 1. The smallest absolute Gasteiger partial charge is 0.321 e. The number of pyridine rings is 1. The lowest BCUT2D eigenvalue weighted by atomic mass is 10.2. The molecule has 0 bridgehead atoms. The maximum absolute atomic E-state index is 11.3. The van der Waals surface area contributed by atoms with Gasteiger partial charge in [-0.05, 0) is 31.4 Å². The molecule has 0 saturated heterocycles. The molecule has 0 spiro atoms. The van der Waals surface area contributed by atoms with E-state index in [1.54, 1.807) is 6.20 Å². The van der Waals surface area contributed by atoms with E-state index in [-0.39, 0.29) is 12.0 Å². The van der Waals surface area contributed by atoms with Gasteiger partial charge in [0.25, 0.3) is 0 Å². The first-order chi connectivity index (χ1) is 9.22. The fourth-order valence-electron chi connectivity index (χ4n) is 1.44. The van der Waals surface area contributed by atoms with Crippen LogP contribution in [0.2, 0.25) is 0 Å². The van der Waals surface area contributed by atoms with Crippen LogP contribution in [0.25, 0.3) is 0 Å². The summed E-state index contributed by atoms with van der Waals surface area (Å²) in [4.78, 5) is 19.6. The predicted octanol–water partition coefficient (Wildman–Crippen LogP) is 1.04. The highest BCUT2D eigenvalue weighted by atomic mass is 16.2. The third-order valence-corrected chi connectivity index (χ3v) is 2.38. The molecule has 0 fully saturated rings. The van der Waals surface area contributed by atoms with Crippen molar-refractivity contribution in [1.82, 2.24) is 15.6 Å². The number of hydrogen-bond acceptors (Lipinski definition) is 3. The van der Waals surface area contributed by atoms with E-state index in [1.165, 1.54) is 0 Å². The topological polar surface area (TPSA) is 92.4 Å². The highest BCUT2D eigenvalue weighted by Crippen LogP contribution is 1.97. The predicted molar refractivity (Wildman–Crippen MR) is 75.9 cm³/mol. The number of nitrogens with zero attached hydrogens (tertiary/aromatic N) is 2. The molecule has 6 nitrogen and oxygen atoms in total. The van der Waals surface area contributed by atoms with Crippen LogP contribution < -0.4 is 16.4 Å². The Morgan fingerprint density at radius 3 is 3.00 bits per heavy atom. The minimum absolute atomic E-state index is 0.148. The lowest BCUT2D eigenvalue weighted by molar-refractivity contribution is 0.245. The van der Waals surface area contributed by atoms with E-state index in [9.17, 15) is 4.79 Å². The number of aliphatic imine (C=N–C) groups is 1. The summed E-state index contributed by atoms with van der Waals surface area (Å²) in [5, 5.41) is 5.13. The molecule has 1 aromatic heterocycles. The highest BCUT2D eigenvalue weighted by Gasteiger charge is 2.00. The van der Waals surface area contributed by atoms with Crippen molar-refractivity contribution in [2.24, 2.45) is 10.7 Å². The second-order valence-electron chi connectivity index (χ2n) is 4.07. The van der Waals surface area contributed by atoms with Crippen LogP contribution in [0.1, 0.15) is 25.5 Å². The molecule has 19 heavy (non-hydrogen) atoms. The molecule has 1 rings (SSSR count). The van der Waals surface area contributed by atoms with Gasteiger partial charge in [0.1, 0.15) is 0 Å². The van der Waals surface area contributed by atoms with Gasteiger partial charge in [-0.1, -0.05) is 13.0 Å². The van der Waals surface area contributed by atoms with Crippen LogP contribution in [0.5, 0.6) is 0 Å². The maximum Gasteiger partial charge on any atom is 0.321 e. The monoisotopic (exact) mass is 263 g/mol. The number of carbonyl (C=O) groups is 1. The first-order valence-corrected chi connectivity index (χ1v) is 6.47. The molecule has 0 unspecified atom stereocenters. The normalized spacial score (nSPS) is 11.1. The molecular formula is C13H21N5O. The zero-order valence-electron chi connectivity index (χ0n) is 11.2. The van der Waals surface area contributed by atoms with Crippen molar-refractivity contribution in [3.63, 3.8) is 0 Å². The molecule has 0 atom stereocenters. The number of guanidine groups is 1. The van der Waals surface area contributed by atoms with Crippen molar-refractivity contribution >= 4 is 12.0 Å². The van der Waals surface area contributed by atoms with E-state index < -0.39 is 0 Å². The largest absolute Gasteiger partial charge is 0.370 e. The van der Waals surface area contributed by atoms with Crippen LogP contribution in [0.4, 0.5) is 4.79 Å². The van der Waals surface area contributed by atoms with Gasteiger partial charge in [-0.2, -0.15) is 0 Å². The molecule has 2 amide bonds. The van der Waals surface area contributed by atoms with E-state index in [0.29, 0.717) is 13.1 Å². The van der Waals surface area contributed by atoms with E-state index >= 15 is 0 Å². The Kier molecular flexibility index (Phi) is 7.01. The molecule has 1 heterocycles. The summed E-state index contributed by atoms with van der Waals surface area (Å²) < 4.78 is 0. The van der Waals surface area contributed by atoms with E-state index in [0.717, 1.165) is 25.0 Å². The fraction of sp³-hybridized carbons (Fsp3) is 0.462. The van der Waals surface area contributed by atoms with Crippen LogP contribution in [0.15, 0.2) is 29.4 Å². The second kappa shape index (κ2) is 8.91. The molecule has 6 heteroatoms. The summed E-state index contributed by atoms with van der Waals surface area (Å²) in [5.41, 5.74) is 6.62. The summed E-state index contributed by atoms with van der Waals surface area (Å²) in [5.74, 6) is 0.148. The van der Waals surface area contributed by atoms with Gasteiger partial charge in [0, 0.05) is 25.0 Å². The fourth-order valence-corrected chi connectivity index (χ4v) is 1.44. The van der Waals surface area contributed by atoms with Gasteiger partial charge in [0.2, 0.25) is 0 Å². The molecule has 4 N–H and O–H groups in total. The highest BCUT2D eigenvalue weighted by molar-refractivity contribution is 5.95. The van der Waals surface area contributed by atoms with Crippen LogP contribution >= 0.6 is 0 Å². The Morgan fingerprint density at radius 2 is 2.32 bits per heavy atom. The van der Waals surface area contributed by atoms with Gasteiger partial charge in [0.05, 0.1) is 0 Å². The van der Waals surface area contributed by atoms with E-state index in [1.807, 2.05) is 25.1 Å². The van der Waals surface area contributed by atoms with Crippen molar-refractivity contribution < 1.29 is 4.79 Å². The Morgan fingerprint density at radius 1 is 1.47 bits per heavy atom. The summed E-state index contributed by atoms with van der Waals surface area (Å²) in [6, 6.07) is 5.51. The molecule has 1 aromatic rings. The zero-order valence-corrected chi connectivity index (χ0v) is 11.2. The summed E-state index contributed by atoms with van der Waals surface area (Å²) in [6.45, 7) is 3.17. The Labute approximate surface area is 113 Å². The molecule has 0 aliphatic rings. The van der Waals surface area contributed by atoms with Crippen molar-refractivity contribution in [1.29, 1.82) is 0 Å². The zero-order chi connectivity index (χ0) is 13.9. The molecular weight excluding hydrogens is 242 g/mol. The van der Waals surface area contributed by atoms with E-state index in [4.69, 9.17) is 5.73 Å². The number of urea groups is 1. The quantitative estimate of drug-likeness (QED) is 0.407. The SMILES string of the molecule is CCCNC(=O)NC(N)=NCCCc1ccccn1. The Bertz CT molecular complexity index is 405. The number of aromatic nitrogens is 1. The summed E-state index contributed by atoms with van der Waals surface area (Å²) >= 11 is 0. The van der Waals surface area contributed by atoms with Crippen LogP contribution in [-0.2, 0) is 6.42 Å². The van der Waals surface area contributed by atoms with Crippen molar-refractivity contribution in [2.45, 2.75) is 26.2 Å². The van der Waals surface area contributed by atoms with Gasteiger partial charge in [-0.3, -0.25) is 15.3 Å². The van der Waals surface area contributed by atoms with Crippen molar-refractivity contribution in [2.75, 3.05) is 13.1 Å². The van der Waals surface area contributed by atoms with Crippen LogP contribution in [-0.4, -0.2) is 30.1 Å². The average Bonchev–Trinajstić information content (AvgIpc) is 2.42. The molecule has 104 valence electrons. The molecule has 0 aromatic carbocycles. The summed E-state index contributed by atoms with van der Waals surface area (Å²) in [6.07, 6.45) is 4.34. The van der Waals surface area contributed by atoms with Crippen molar-refractivity contribution in [3.8, 4) is 0 Å². The third kappa shape index (κ3) is 7.03. The van der Waals surface area contributed by atoms with Gasteiger partial charge in [-0.15, -0.1) is 0 Å². The minimum atomic E-state index is -0.312. The number of nitrogens with one attached hydrogen (secondary N) is 2. The number of amides is 2. The molecule has 0 aliphatic carbocycles. The third-order valence-electron chi connectivity index (χ3n) is 2.38. The van der Waals surface area contributed by atoms with Crippen molar-refractivity contribution in [3.05, 3.63) is 30.1 Å². The number of carbonyl (C=O) groups excluding carboxylic acids is 1. The average molecular weight is 263 g/mol. The maximum atomic E-state index is 11.3.